The summed E-state index contributed by atoms with van der Waals surface area (Å²) in [5, 5.41) is 5.65. The molecule has 3 aromatic rings. The molecule has 33 heavy (non-hydrogen) atoms. The van der Waals surface area contributed by atoms with Crippen LogP contribution in [0.15, 0.2) is 113 Å². The van der Waals surface area contributed by atoms with Gasteiger partial charge in [-0.25, -0.2) is 4.98 Å². The molecule has 0 atom stereocenters. The van der Waals surface area contributed by atoms with Gasteiger partial charge in [-0.2, -0.15) is 0 Å². The van der Waals surface area contributed by atoms with Crippen LogP contribution in [0.3, 0.4) is 0 Å². The number of nitrogens with zero attached hydrogens (tertiary/aromatic N) is 2. The Balaban J connectivity index is 1.42. The number of nitrogens with one attached hydrogen (secondary N) is 1. The summed E-state index contributed by atoms with van der Waals surface area (Å²) < 4.78 is 1.22. The number of thioether (sulfide) groups is 1. The number of aliphatic imine (C=N–C) groups is 1. The summed E-state index contributed by atoms with van der Waals surface area (Å²) in [7, 11) is 1.86. The van der Waals surface area contributed by atoms with E-state index >= 15 is 0 Å². The SMILES string of the molecule is C/C=C\C=C/CSC(=NC)C1=CC=C(Nc2ccc(-c3nc4ccccc4s3)cc2)C=CC1. The van der Waals surface area contributed by atoms with E-state index in [-0.39, 0.29) is 0 Å². The lowest BCUT2D eigenvalue weighted by atomic mass is 10.2. The molecule has 1 heterocycles. The quantitative estimate of drug-likeness (QED) is 0.216. The summed E-state index contributed by atoms with van der Waals surface area (Å²) in [6, 6.07) is 16.7. The maximum Gasteiger partial charge on any atom is 0.124 e. The van der Waals surface area contributed by atoms with Crippen molar-refractivity contribution in [3.63, 3.8) is 0 Å². The first-order valence-electron chi connectivity index (χ1n) is 10.9. The van der Waals surface area contributed by atoms with Crippen LogP contribution in [0.25, 0.3) is 20.8 Å². The predicted octanol–water partition coefficient (Wildman–Crippen LogP) is 8.04. The highest BCUT2D eigenvalue weighted by atomic mass is 32.2. The Kier molecular flexibility index (Phi) is 8.12. The normalized spacial score (nSPS) is 14.7. The summed E-state index contributed by atoms with van der Waals surface area (Å²) in [6.45, 7) is 2.02. The van der Waals surface area contributed by atoms with Crippen molar-refractivity contribution >= 4 is 44.0 Å². The van der Waals surface area contributed by atoms with E-state index in [1.165, 1.54) is 10.3 Å². The van der Waals surface area contributed by atoms with E-state index in [4.69, 9.17) is 4.98 Å². The molecular weight excluding hydrogens is 442 g/mol. The minimum absolute atomic E-state index is 0.872. The van der Waals surface area contributed by atoms with Crippen molar-refractivity contribution in [2.45, 2.75) is 13.3 Å². The molecule has 1 aliphatic carbocycles. The van der Waals surface area contributed by atoms with Gasteiger partial charge in [0, 0.05) is 29.7 Å². The topological polar surface area (TPSA) is 37.3 Å². The molecule has 4 rings (SSSR count). The van der Waals surface area contributed by atoms with Crippen molar-refractivity contribution < 1.29 is 0 Å². The summed E-state index contributed by atoms with van der Waals surface area (Å²) in [5.74, 6) is 0.911. The first kappa shape index (κ1) is 23.0. The molecule has 3 nitrogen and oxygen atoms in total. The van der Waals surface area contributed by atoms with Crippen LogP contribution in [0.5, 0.6) is 0 Å². The lowest BCUT2D eigenvalue weighted by Crippen LogP contribution is -1.98. The molecule has 0 spiro atoms. The molecule has 0 fully saturated rings. The van der Waals surface area contributed by atoms with E-state index < -0.39 is 0 Å². The van der Waals surface area contributed by atoms with Crippen LogP contribution >= 0.6 is 23.1 Å². The second-order valence-electron chi connectivity index (χ2n) is 7.40. The number of allylic oxidation sites excluding steroid dienone is 7. The molecule has 0 saturated carbocycles. The zero-order chi connectivity index (χ0) is 22.9. The van der Waals surface area contributed by atoms with Crippen LogP contribution in [0.2, 0.25) is 0 Å². The third-order valence-corrected chi connectivity index (χ3v) is 7.21. The number of hydrogen-bond acceptors (Lipinski definition) is 5. The van der Waals surface area contributed by atoms with Gasteiger partial charge in [-0.1, -0.05) is 48.6 Å². The lowest BCUT2D eigenvalue weighted by molar-refractivity contribution is 1.31. The van der Waals surface area contributed by atoms with E-state index in [2.05, 4.69) is 89.2 Å². The number of anilines is 1. The average Bonchev–Trinajstić information content (AvgIpc) is 3.15. The Hall–Kier alpha value is -3.15. The number of hydrogen-bond donors (Lipinski definition) is 1. The van der Waals surface area contributed by atoms with E-state index in [1.807, 2.05) is 32.2 Å². The highest BCUT2D eigenvalue weighted by Gasteiger charge is 2.08. The van der Waals surface area contributed by atoms with Crippen LogP contribution < -0.4 is 5.32 Å². The predicted molar refractivity (Wildman–Crippen MR) is 148 cm³/mol. The van der Waals surface area contributed by atoms with Gasteiger partial charge in [-0.3, -0.25) is 4.99 Å². The number of rotatable bonds is 7. The molecule has 0 saturated heterocycles. The molecule has 166 valence electrons. The smallest absolute Gasteiger partial charge is 0.124 e. The zero-order valence-electron chi connectivity index (χ0n) is 18.9. The third-order valence-electron chi connectivity index (χ3n) is 5.05. The molecule has 5 heteroatoms. The van der Waals surface area contributed by atoms with Gasteiger partial charge in [0.1, 0.15) is 5.01 Å². The molecule has 2 aromatic carbocycles. The lowest BCUT2D eigenvalue weighted by Gasteiger charge is -2.07. The molecule has 1 N–H and O–H groups in total. The van der Waals surface area contributed by atoms with E-state index in [9.17, 15) is 0 Å². The largest absolute Gasteiger partial charge is 0.356 e. The van der Waals surface area contributed by atoms with Crippen LogP contribution in [0.1, 0.15) is 13.3 Å². The number of fused-ring (bicyclic) bond motifs is 1. The van der Waals surface area contributed by atoms with Gasteiger partial charge in [-0.15, -0.1) is 23.1 Å². The number of para-hydroxylation sites is 1. The van der Waals surface area contributed by atoms with Crippen LogP contribution in [0, 0.1) is 0 Å². The zero-order valence-corrected chi connectivity index (χ0v) is 20.5. The Morgan fingerprint density at radius 2 is 1.97 bits per heavy atom. The number of thiazole rings is 1. The molecule has 0 unspecified atom stereocenters. The molecule has 0 amide bonds. The van der Waals surface area contributed by atoms with Gasteiger partial charge < -0.3 is 5.32 Å². The maximum absolute atomic E-state index is 4.76. The van der Waals surface area contributed by atoms with Gasteiger partial charge in [-0.05, 0) is 67.5 Å². The number of benzene rings is 2. The Labute approximate surface area is 204 Å². The second-order valence-corrected chi connectivity index (χ2v) is 9.44. The van der Waals surface area contributed by atoms with Crippen LogP contribution in [-0.2, 0) is 0 Å². The van der Waals surface area contributed by atoms with Gasteiger partial charge in [0.05, 0.1) is 15.3 Å². The van der Waals surface area contributed by atoms with E-state index in [0.29, 0.717) is 0 Å². The molecule has 0 radical (unpaired) electrons. The number of aromatic nitrogens is 1. The maximum atomic E-state index is 4.76. The standard InChI is InChI=1S/C28H27N3S2/c1-3-4-5-8-20-32-27(29-2)21-10-9-11-23(17-14-21)30-24-18-15-22(16-19-24)28-31-25-12-6-7-13-26(25)33-28/h3-9,11-19,30H,10,20H2,1-2H3/b4-3-,8-5-,29-27?. The van der Waals surface area contributed by atoms with Crippen molar-refractivity contribution in [2.75, 3.05) is 18.1 Å². The minimum atomic E-state index is 0.872. The Morgan fingerprint density at radius 1 is 1.12 bits per heavy atom. The summed E-state index contributed by atoms with van der Waals surface area (Å²) in [6.07, 6.45) is 17.8. The Morgan fingerprint density at radius 3 is 2.76 bits per heavy atom. The molecular formula is C28H27N3S2. The molecule has 1 aromatic heterocycles. The summed E-state index contributed by atoms with van der Waals surface area (Å²) >= 11 is 3.49. The highest BCUT2D eigenvalue weighted by molar-refractivity contribution is 8.14. The highest BCUT2D eigenvalue weighted by Crippen LogP contribution is 2.31. The van der Waals surface area contributed by atoms with Crippen LogP contribution in [-0.4, -0.2) is 22.8 Å². The first-order valence-corrected chi connectivity index (χ1v) is 12.7. The fourth-order valence-electron chi connectivity index (χ4n) is 3.40. The van der Waals surface area contributed by atoms with Crippen molar-refractivity contribution in [3.8, 4) is 10.6 Å². The van der Waals surface area contributed by atoms with E-state index in [0.717, 1.165) is 44.7 Å². The fraction of sp³-hybridized carbons (Fsp3) is 0.143. The van der Waals surface area contributed by atoms with Crippen molar-refractivity contribution in [1.29, 1.82) is 0 Å². The molecule has 0 bridgehead atoms. The minimum Gasteiger partial charge on any atom is -0.356 e. The molecule has 0 aliphatic heterocycles. The van der Waals surface area contributed by atoms with Crippen molar-refractivity contribution in [3.05, 3.63) is 108 Å². The van der Waals surface area contributed by atoms with E-state index in [1.54, 1.807) is 23.1 Å². The van der Waals surface area contributed by atoms with Gasteiger partial charge >= 0.3 is 0 Å². The third kappa shape index (κ3) is 6.21. The van der Waals surface area contributed by atoms with Gasteiger partial charge in [0.25, 0.3) is 0 Å². The monoisotopic (exact) mass is 469 g/mol. The van der Waals surface area contributed by atoms with Crippen molar-refractivity contribution in [2.24, 2.45) is 4.99 Å². The van der Waals surface area contributed by atoms with Crippen molar-refractivity contribution in [1.82, 2.24) is 4.98 Å². The second kappa shape index (κ2) is 11.6. The average molecular weight is 470 g/mol. The molecule has 1 aliphatic rings. The van der Waals surface area contributed by atoms with Crippen LogP contribution in [0.4, 0.5) is 5.69 Å². The first-order chi connectivity index (χ1) is 16.3. The van der Waals surface area contributed by atoms with Gasteiger partial charge in [0.15, 0.2) is 0 Å². The van der Waals surface area contributed by atoms with Gasteiger partial charge in [0.2, 0.25) is 0 Å². The summed E-state index contributed by atoms with van der Waals surface area (Å²) in [5.41, 5.74) is 5.55. The Bertz CT molecular complexity index is 1240. The fourth-order valence-corrected chi connectivity index (χ4v) is 5.20. The summed E-state index contributed by atoms with van der Waals surface area (Å²) in [4.78, 5) is 9.26.